The minimum Gasteiger partial charge on any atom is -0.390 e. The predicted octanol–water partition coefficient (Wildman–Crippen LogP) is 3.06. The normalized spacial score (nSPS) is 32.2. The number of ether oxygens (including phenoxy) is 1. The number of hydrogen-bond donors (Lipinski definition) is 1. The van der Waals surface area contributed by atoms with Crippen molar-refractivity contribution in [3.8, 4) is 0 Å². The SMILES string of the molecule is CC(C)CCN(CC1C(O)C(C)(C)OC1(C)C)C1CC1. The summed E-state index contributed by atoms with van der Waals surface area (Å²) in [6.45, 7) is 15.0. The van der Waals surface area contributed by atoms with Crippen molar-refractivity contribution in [1.29, 1.82) is 0 Å². The third-order valence-electron chi connectivity index (χ3n) is 5.00. The van der Waals surface area contributed by atoms with E-state index in [4.69, 9.17) is 4.74 Å². The summed E-state index contributed by atoms with van der Waals surface area (Å²) in [7, 11) is 0. The van der Waals surface area contributed by atoms with Gasteiger partial charge in [0.1, 0.15) is 0 Å². The smallest absolute Gasteiger partial charge is 0.0896 e. The lowest BCUT2D eigenvalue weighted by molar-refractivity contribution is -0.0914. The lowest BCUT2D eigenvalue weighted by atomic mass is 9.84. The van der Waals surface area contributed by atoms with Crippen LogP contribution in [0.1, 0.15) is 60.8 Å². The summed E-state index contributed by atoms with van der Waals surface area (Å²) in [5, 5.41) is 10.6. The molecule has 0 aromatic carbocycles. The Morgan fingerprint density at radius 1 is 1.15 bits per heavy atom. The molecule has 3 heteroatoms. The van der Waals surface area contributed by atoms with Gasteiger partial charge in [-0.1, -0.05) is 13.8 Å². The molecule has 1 saturated heterocycles. The number of hydrogen-bond acceptors (Lipinski definition) is 3. The van der Waals surface area contributed by atoms with E-state index < -0.39 is 5.60 Å². The van der Waals surface area contributed by atoms with Crippen molar-refractivity contribution < 1.29 is 9.84 Å². The zero-order valence-corrected chi connectivity index (χ0v) is 14.1. The van der Waals surface area contributed by atoms with Gasteiger partial charge in [-0.2, -0.15) is 0 Å². The van der Waals surface area contributed by atoms with Crippen LogP contribution in [0, 0.1) is 11.8 Å². The van der Waals surface area contributed by atoms with Crippen molar-refractivity contribution in [2.45, 2.75) is 84.2 Å². The Morgan fingerprint density at radius 3 is 2.15 bits per heavy atom. The number of rotatable bonds is 6. The number of nitrogens with zero attached hydrogens (tertiary/aromatic N) is 1. The van der Waals surface area contributed by atoms with E-state index >= 15 is 0 Å². The molecule has 2 unspecified atom stereocenters. The van der Waals surface area contributed by atoms with Gasteiger partial charge >= 0.3 is 0 Å². The molecule has 2 fully saturated rings. The average Bonchev–Trinajstić information content (AvgIpc) is 3.07. The van der Waals surface area contributed by atoms with Crippen LogP contribution in [0.5, 0.6) is 0 Å². The minimum absolute atomic E-state index is 0.199. The maximum Gasteiger partial charge on any atom is 0.0896 e. The van der Waals surface area contributed by atoms with Crippen LogP contribution in [-0.2, 0) is 4.74 Å². The average molecular weight is 283 g/mol. The van der Waals surface area contributed by atoms with E-state index in [1.54, 1.807) is 0 Å². The molecule has 1 N–H and O–H groups in total. The van der Waals surface area contributed by atoms with Gasteiger partial charge in [0.15, 0.2) is 0 Å². The Bertz CT molecular complexity index is 334. The number of aliphatic hydroxyl groups excluding tert-OH is 1. The molecule has 2 rings (SSSR count). The molecule has 0 radical (unpaired) electrons. The first-order valence-electron chi connectivity index (χ1n) is 8.26. The molecule has 0 amide bonds. The summed E-state index contributed by atoms with van der Waals surface area (Å²) in [5.41, 5.74) is -0.671. The topological polar surface area (TPSA) is 32.7 Å². The second-order valence-corrected chi connectivity index (χ2v) is 8.27. The van der Waals surface area contributed by atoms with Crippen LogP contribution < -0.4 is 0 Å². The molecule has 0 bridgehead atoms. The maximum atomic E-state index is 10.6. The van der Waals surface area contributed by atoms with Gasteiger partial charge in [0.25, 0.3) is 0 Å². The van der Waals surface area contributed by atoms with E-state index in [2.05, 4.69) is 32.6 Å². The van der Waals surface area contributed by atoms with Crippen LogP contribution in [0.3, 0.4) is 0 Å². The van der Waals surface area contributed by atoms with Crippen LogP contribution in [0.2, 0.25) is 0 Å². The lowest BCUT2D eigenvalue weighted by Crippen LogP contribution is -2.44. The molecule has 2 aliphatic rings. The first-order valence-corrected chi connectivity index (χ1v) is 8.26. The number of aliphatic hydroxyl groups is 1. The van der Waals surface area contributed by atoms with Crippen molar-refractivity contribution >= 4 is 0 Å². The molecular weight excluding hydrogens is 250 g/mol. The second kappa shape index (κ2) is 5.58. The summed E-state index contributed by atoms with van der Waals surface area (Å²) in [6, 6.07) is 0.750. The fourth-order valence-corrected chi connectivity index (χ4v) is 3.54. The second-order valence-electron chi connectivity index (χ2n) is 8.27. The highest BCUT2D eigenvalue weighted by Gasteiger charge is 2.54. The zero-order valence-electron chi connectivity index (χ0n) is 14.1. The Balaban J connectivity index is 2.02. The lowest BCUT2D eigenvalue weighted by Gasteiger charge is -2.33. The van der Waals surface area contributed by atoms with Gasteiger partial charge in [-0.15, -0.1) is 0 Å². The first-order chi connectivity index (χ1) is 9.13. The van der Waals surface area contributed by atoms with Gasteiger partial charge in [-0.05, 0) is 59.4 Å². The molecule has 1 aliphatic heterocycles. The molecule has 1 heterocycles. The van der Waals surface area contributed by atoms with Crippen molar-refractivity contribution in [2.75, 3.05) is 13.1 Å². The minimum atomic E-state index is -0.429. The van der Waals surface area contributed by atoms with Gasteiger partial charge in [0.2, 0.25) is 0 Å². The fraction of sp³-hybridized carbons (Fsp3) is 1.00. The molecule has 3 nitrogen and oxygen atoms in total. The Kier molecular flexibility index (Phi) is 4.54. The molecular formula is C17H33NO2. The van der Waals surface area contributed by atoms with Gasteiger partial charge in [0.05, 0.1) is 17.3 Å². The first kappa shape index (κ1) is 16.3. The van der Waals surface area contributed by atoms with E-state index in [1.807, 2.05) is 13.8 Å². The van der Waals surface area contributed by atoms with E-state index in [0.717, 1.165) is 25.0 Å². The van der Waals surface area contributed by atoms with Gasteiger partial charge < -0.3 is 9.84 Å². The summed E-state index contributed by atoms with van der Waals surface area (Å²) < 4.78 is 6.11. The molecule has 2 atom stereocenters. The standard InChI is InChI=1S/C17H33NO2/c1-12(2)9-10-18(13-7-8-13)11-14-15(19)17(5,6)20-16(14,3)4/h12-15,19H,7-11H2,1-6H3. The predicted molar refractivity (Wildman–Crippen MR) is 82.8 cm³/mol. The van der Waals surface area contributed by atoms with E-state index in [1.165, 1.54) is 19.3 Å². The Labute approximate surface area is 124 Å². The van der Waals surface area contributed by atoms with E-state index in [-0.39, 0.29) is 17.6 Å². The molecule has 20 heavy (non-hydrogen) atoms. The molecule has 1 saturated carbocycles. The van der Waals surface area contributed by atoms with Crippen LogP contribution in [-0.4, -0.2) is 46.4 Å². The maximum absolute atomic E-state index is 10.6. The summed E-state index contributed by atoms with van der Waals surface area (Å²) in [5.74, 6) is 0.940. The highest BCUT2D eigenvalue weighted by atomic mass is 16.5. The van der Waals surface area contributed by atoms with Gasteiger partial charge in [-0.3, -0.25) is 4.90 Å². The molecule has 1 aliphatic carbocycles. The molecule has 0 spiro atoms. The highest BCUT2D eigenvalue weighted by molar-refractivity contribution is 5.03. The van der Waals surface area contributed by atoms with Gasteiger partial charge in [-0.25, -0.2) is 0 Å². The Hall–Kier alpha value is -0.120. The van der Waals surface area contributed by atoms with Crippen molar-refractivity contribution in [1.82, 2.24) is 4.90 Å². The molecule has 118 valence electrons. The molecule has 0 aromatic rings. The summed E-state index contributed by atoms with van der Waals surface area (Å²) >= 11 is 0. The quantitative estimate of drug-likeness (QED) is 0.813. The van der Waals surface area contributed by atoms with Crippen molar-refractivity contribution in [2.24, 2.45) is 11.8 Å². The third-order valence-corrected chi connectivity index (χ3v) is 5.00. The van der Waals surface area contributed by atoms with Crippen molar-refractivity contribution in [3.63, 3.8) is 0 Å². The molecule has 0 aromatic heterocycles. The monoisotopic (exact) mass is 283 g/mol. The zero-order chi connectivity index (χ0) is 15.1. The van der Waals surface area contributed by atoms with Crippen LogP contribution >= 0.6 is 0 Å². The van der Waals surface area contributed by atoms with Crippen LogP contribution in [0.4, 0.5) is 0 Å². The van der Waals surface area contributed by atoms with Crippen molar-refractivity contribution in [3.05, 3.63) is 0 Å². The summed E-state index contributed by atoms with van der Waals surface area (Å²) in [4.78, 5) is 2.60. The van der Waals surface area contributed by atoms with Crippen LogP contribution in [0.15, 0.2) is 0 Å². The van der Waals surface area contributed by atoms with Crippen LogP contribution in [0.25, 0.3) is 0 Å². The van der Waals surface area contributed by atoms with E-state index in [0.29, 0.717) is 0 Å². The fourth-order valence-electron chi connectivity index (χ4n) is 3.54. The van der Waals surface area contributed by atoms with Gasteiger partial charge in [0, 0.05) is 18.5 Å². The largest absolute Gasteiger partial charge is 0.390 e. The Morgan fingerprint density at radius 2 is 1.75 bits per heavy atom. The third kappa shape index (κ3) is 3.55. The summed E-state index contributed by atoms with van der Waals surface area (Å²) in [6.07, 6.45) is 3.51. The van der Waals surface area contributed by atoms with E-state index in [9.17, 15) is 5.11 Å². The highest BCUT2D eigenvalue weighted by Crippen LogP contribution is 2.43.